The molecule has 1 aliphatic heterocycles. The van der Waals surface area contributed by atoms with Gasteiger partial charge in [-0.15, -0.1) is 0 Å². The third kappa shape index (κ3) is 3.74. The average Bonchev–Trinajstić information content (AvgIpc) is 2.60. The first-order valence-corrected chi connectivity index (χ1v) is 7.94. The summed E-state index contributed by atoms with van der Waals surface area (Å²) in [5, 5.41) is 11.9. The van der Waals surface area contributed by atoms with Crippen molar-refractivity contribution in [1.82, 2.24) is 5.32 Å². The van der Waals surface area contributed by atoms with Gasteiger partial charge in [-0.2, -0.15) is 0 Å². The van der Waals surface area contributed by atoms with Crippen LogP contribution in [0, 0.1) is 0 Å². The van der Waals surface area contributed by atoms with E-state index in [0.717, 1.165) is 23.3 Å². The highest BCUT2D eigenvalue weighted by atomic mass is 16.5. The summed E-state index contributed by atoms with van der Waals surface area (Å²) in [6.45, 7) is 0.945. The van der Waals surface area contributed by atoms with Gasteiger partial charge in [-0.1, -0.05) is 30.3 Å². The molecule has 1 aliphatic rings. The Hall–Kier alpha value is -2.82. The number of hydrogen-bond donors (Lipinski definition) is 2. The molecule has 24 heavy (non-hydrogen) atoms. The van der Waals surface area contributed by atoms with E-state index in [0.29, 0.717) is 19.6 Å². The van der Waals surface area contributed by atoms with Gasteiger partial charge in [0.15, 0.2) is 0 Å². The second-order valence-corrected chi connectivity index (χ2v) is 5.86. The summed E-state index contributed by atoms with van der Waals surface area (Å²) in [6, 6.07) is 14.4. The van der Waals surface area contributed by atoms with E-state index in [-0.39, 0.29) is 17.4 Å². The molecule has 0 saturated carbocycles. The molecule has 2 aromatic carbocycles. The van der Waals surface area contributed by atoms with Crippen LogP contribution < -0.4 is 10.1 Å². The lowest BCUT2D eigenvalue weighted by Crippen LogP contribution is -2.26. The second-order valence-electron chi connectivity index (χ2n) is 5.86. The van der Waals surface area contributed by atoms with Crippen molar-refractivity contribution in [2.45, 2.75) is 25.3 Å². The SMILES string of the molecule is O=C(C[C@H]1CCOc2ccccc21)NCc1cccc(C(=O)O)c1. The summed E-state index contributed by atoms with van der Waals surface area (Å²) in [4.78, 5) is 23.2. The summed E-state index contributed by atoms with van der Waals surface area (Å²) in [5.41, 5.74) is 2.07. The number of benzene rings is 2. The van der Waals surface area contributed by atoms with E-state index in [2.05, 4.69) is 5.32 Å². The van der Waals surface area contributed by atoms with Gasteiger partial charge in [0.2, 0.25) is 5.91 Å². The number of fused-ring (bicyclic) bond motifs is 1. The van der Waals surface area contributed by atoms with Crippen LogP contribution in [0.1, 0.15) is 40.2 Å². The maximum absolute atomic E-state index is 12.2. The minimum Gasteiger partial charge on any atom is -0.493 e. The molecule has 0 aliphatic carbocycles. The molecule has 0 fully saturated rings. The number of rotatable bonds is 5. The molecule has 0 unspecified atom stereocenters. The van der Waals surface area contributed by atoms with Gasteiger partial charge >= 0.3 is 5.97 Å². The van der Waals surface area contributed by atoms with E-state index in [4.69, 9.17) is 9.84 Å². The molecule has 0 saturated heterocycles. The fraction of sp³-hybridized carbons (Fsp3) is 0.263. The summed E-state index contributed by atoms with van der Waals surface area (Å²) < 4.78 is 5.61. The molecule has 0 spiro atoms. The molecule has 3 rings (SSSR count). The largest absolute Gasteiger partial charge is 0.493 e. The molecule has 1 amide bonds. The van der Waals surface area contributed by atoms with Gasteiger partial charge in [0.25, 0.3) is 0 Å². The van der Waals surface area contributed by atoms with Crippen LogP contribution in [-0.2, 0) is 11.3 Å². The fourth-order valence-corrected chi connectivity index (χ4v) is 2.94. The monoisotopic (exact) mass is 325 g/mol. The number of para-hydroxylation sites is 1. The standard InChI is InChI=1S/C19H19NO4/c21-18(20-12-13-4-3-5-15(10-13)19(22)23)11-14-8-9-24-17-7-2-1-6-16(14)17/h1-7,10,14H,8-9,11-12H2,(H,20,21)(H,22,23)/t14-/m1/s1. The third-order valence-corrected chi connectivity index (χ3v) is 4.18. The van der Waals surface area contributed by atoms with E-state index in [9.17, 15) is 9.59 Å². The summed E-state index contributed by atoms with van der Waals surface area (Å²) in [7, 11) is 0. The lowest BCUT2D eigenvalue weighted by atomic mass is 9.90. The van der Waals surface area contributed by atoms with E-state index in [1.165, 1.54) is 6.07 Å². The highest BCUT2D eigenvalue weighted by molar-refractivity contribution is 5.87. The van der Waals surface area contributed by atoms with Gasteiger partial charge < -0.3 is 15.2 Å². The molecule has 5 heteroatoms. The smallest absolute Gasteiger partial charge is 0.335 e. The Labute approximate surface area is 140 Å². The first kappa shape index (κ1) is 16.1. The Morgan fingerprint density at radius 1 is 1.17 bits per heavy atom. The van der Waals surface area contributed by atoms with Crippen molar-refractivity contribution in [3.05, 3.63) is 65.2 Å². The van der Waals surface area contributed by atoms with Crippen LogP contribution in [0.5, 0.6) is 5.75 Å². The zero-order valence-corrected chi connectivity index (χ0v) is 13.2. The summed E-state index contributed by atoms with van der Waals surface area (Å²) >= 11 is 0. The van der Waals surface area contributed by atoms with Gasteiger partial charge in [0.1, 0.15) is 5.75 Å². The van der Waals surface area contributed by atoms with Crippen molar-refractivity contribution >= 4 is 11.9 Å². The number of ether oxygens (including phenoxy) is 1. The quantitative estimate of drug-likeness (QED) is 0.886. The molecule has 0 radical (unpaired) electrons. The second kappa shape index (κ2) is 7.17. The van der Waals surface area contributed by atoms with E-state index < -0.39 is 5.97 Å². The molecule has 0 bridgehead atoms. The third-order valence-electron chi connectivity index (χ3n) is 4.18. The van der Waals surface area contributed by atoms with E-state index >= 15 is 0 Å². The first-order chi connectivity index (χ1) is 11.6. The van der Waals surface area contributed by atoms with Crippen molar-refractivity contribution in [2.24, 2.45) is 0 Å². The molecular weight excluding hydrogens is 306 g/mol. The molecule has 2 aromatic rings. The Balaban J connectivity index is 1.59. The molecular formula is C19H19NO4. The minimum atomic E-state index is -0.970. The fourth-order valence-electron chi connectivity index (χ4n) is 2.94. The zero-order valence-electron chi connectivity index (χ0n) is 13.2. The molecule has 0 aromatic heterocycles. The number of carbonyl (C=O) groups excluding carboxylic acids is 1. The van der Waals surface area contributed by atoms with E-state index in [1.54, 1.807) is 18.2 Å². The van der Waals surface area contributed by atoms with Crippen LogP contribution in [0.15, 0.2) is 48.5 Å². The number of nitrogens with one attached hydrogen (secondary N) is 1. The van der Waals surface area contributed by atoms with Gasteiger partial charge in [0, 0.05) is 13.0 Å². The van der Waals surface area contributed by atoms with Crippen molar-refractivity contribution in [3.8, 4) is 5.75 Å². The highest BCUT2D eigenvalue weighted by Crippen LogP contribution is 2.35. The molecule has 2 N–H and O–H groups in total. The first-order valence-electron chi connectivity index (χ1n) is 7.94. The average molecular weight is 325 g/mol. The summed E-state index contributed by atoms with van der Waals surface area (Å²) in [6.07, 6.45) is 1.22. The van der Waals surface area contributed by atoms with Gasteiger partial charge in [0.05, 0.1) is 12.2 Å². The number of amides is 1. The Morgan fingerprint density at radius 2 is 2.00 bits per heavy atom. The van der Waals surface area contributed by atoms with Crippen molar-refractivity contribution in [3.63, 3.8) is 0 Å². The molecule has 1 atom stereocenters. The molecule has 124 valence electrons. The van der Waals surface area contributed by atoms with Crippen LogP contribution in [-0.4, -0.2) is 23.6 Å². The number of aromatic carboxylic acids is 1. The zero-order chi connectivity index (χ0) is 16.9. The maximum atomic E-state index is 12.2. The van der Waals surface area contributed by atoms with Gasteiger partial charge in [-0.05, 0) is 41.7 Å². The van der Waals surface area contributed by atoms with Gasteiger partial charge in [-0.3, -0.25) is 4.79 Å². The van der Waals surface area contributed by atoms with E-state index in [1.807, 2.05) is 24.3 Å². The topological polar surface area (TPSA) is 75.6 Å². The Bertz CT molecular complexity index is 757. The lowest BCUT2D eigenvalue weighted by molar-refractivity contribution is -0.121. The van der Waals surface area contributed by atoms with Gasteiger partial charge in [-0.25, -0.2) is 4.79 Å². The van der Waals surface area contributed by atoms with Crippen LogP contribution in [0.4, 0.5) is 0 Å². The molecule has 1 heterocycles. The normalized spacial score (nSPS) is 15.9. The maximum Gasteiger partial charge on any atom is 0.335 e. The lowest BCUT2D eigenvalue weighted by Gasteiger charge is -2.25. The van der Waals surface area contributed by atoms with Crippen LogP contribution in [0.25, 0.3) is 0 Å². The number of hydrogen-bond acceptors (Lipinski definition) is 3. The van der Waals surface area contributed by atoms with Crippen molar-refractivity contribution in [2.75, 3.05) is 6.61 Å². The Kier molecular flexibility index (Phi) is 4.79. The number of carboxylic acids is 1. The van der Waals surface area contributed by atoms with Crippen molar-refractivity contribution < 1.29 is 19.4 Å². The summed E-state index contributed by atoms with van der Waals surface area (Å²) in [5.74, 6) is -0.00423. The number of carboxylic acid groups (broad SMARTS) is 1. The molecule has 5 nitrogen and oxygen atoms in total. The number of carbonyl (C=O) groups is 2. The van der Waals surface area contributed by atoms with Crippen LogP contribution in [0.2, 0.25) is 0 Å². The predicted molar refractivity (Wildman–Crippen MR) is 89.2 cm³/mol. The van der Waals surface area contributed by atoms with Crippen LogP contribution in [0.3, 0.4) is 0 Å². The highest BCUT2D eigenvalue weighted by Gasteiger charge is 2.23. The van der Waals surface area contributed by atoms with Crippen molar-refractivity contribution in [1.29, 1.82) is 0 Å². The van der Waals surface area contributed by atoms with Crippen LogP contribution >= 0.6 is 0 Å². The predicted octanol–water partition coefficient (Wildman–Crippen LogP) is 2.96. The minimum absolute atomic E-state index is 0.0440. The Morgan fingerprint density at radius 3 is 2.83 bits per heavy atom.